The molecule has 0 aliphatic heterocycles. The van der Waals surface area contributed by atoms with Crippen LogP contribution in [0.4, 0.5) is 18.9 Å². The number of amidine groups is 1. The van der Waals surface area contributed by atoms with Crippen molar-refractivity contribution in [2.75, 3.05) is 5.01 Å². The van der Waals surface area contributed by atoms with Crippen molar-refractivity contribution in [1.29, 1.82) is 10.9 Å². The molecule has 0 saturated carbocycles. The number of phenols is 1. The molecular formula is C9H10F3N5O. The Balaban J connectivity index is 3.18. The fraction of sp³-hybridized carbons (Fsp3) is 0.222. The second-order valence-electron chi connectivity index (χ2n) is 3.28. The zero-order valence-electron chi connectivity index (χ0n) is 8.99. The van der Waals surface area contributed by atoms with Crippen LogP contribution in [-0.4, -0.2) is 17.1 Å². The van der Waals surface area contributed by atoms with E-state index in [2.05, 4.69) is 5.22 Å². The third-order valence-electron chi connectivity index (χ3n) is 2.11. The number of anilines is 1. The van der Waals surface area contributed by atoms with Gasteiger partial charge in [-0.25, -0.2) is 0 Å². The monoisotopic (exact) mass is 261 g/mol. The van der Waals surface area contributed by atoms with Crippen LogP contribution in [0, 0.1) is 10.9 Å². The summed E-state index contributed by atoms with van der Waals surface area (Å²) in [4.78, 5) is 0. The Kier molecular flexibility index (Phi) is 3.86. The SMILES string of the molecule is N=NN(C(=N)C(F)(F)F)c1ccc(O)c(CN)c1. The molecule has 0 unspecified atom stereocenters. The highest BCUT2D eigenvalue weighted by molar-refractivity contribution is 5.98. The second kappa shape index (κ2) is 5.00. The van der Waals surface area contributed by atoms with Crippen molar-refractivity contribution in [1.82, 2.24) is 0 Å². The summed E-state index contributed by atoms with van der Waals surface area (Å²) in [6, 6.07) is 3.36. The van der Waals surface area contributed by atoms with E-state index in [1.807, 2.05) is 0 Å². The molecule has 98 valence electrons. The smallest absolute Gasteiger partial charge is 0.451 e. The molecule has 0 saturated heterocycles. The van der Waals surface area contributed by atoms with Gasteiger partial charge in [0, 0.05) is 12.1 Å². The third-order valence-corrected chi connectivity index (χ3v) is 2.11. The third kappa shape index (κ3) is 2.74. The number of hydrogen-bond donors (Lipinski definition) is 4. The van der Waals surface area contributed by atoms with Crippen LogP contribution < -0.4 is 10.7 Å². The predicted molar refractivity (Wildman–Crippen MR) is 57.4 cm³/mol. The highest BCUT2D eigenvalue weighted by atomic mass is 19.4. The van der Waals surface area contributed by atoms with E-state index in [4.69, 9.17) is 16.7 Å². The summed E-state index contributed by atoms with van der Waals surface area (Å²) in [5, 5.41) is 19.0. The quantitative estimate of drug-likeness (QED) is 0.289. The number of rotatable bonds is 3. The summed E-state index contributed by atoms with van der Waals surface area (Å²) >= 11 is 0. The molecular weight excluding hydrogens is 251 g/mol. The van der Waals surface area contributed by atoms with E-state index < -0.39 is 12.0 Å². The standard InChI is InChI=1S/C9H10F3N5O/c10-9(11,12)8(14)17(16-15)6-1-2-7(18)5(3-6)4-13/h1-3,14-15,18H,4,13H2. The molecule has 0 amide bonds. The first-order valence-corrected chi connectivity index (χ1v) is 4.66. The number of nitrogens with zero attached hydrogens (tertiary/aromatic N) is 2. The van der Waals surface area contributed by atoms with Crippen LogP contribution in [0.3, 0.4) is 0 Å². The summed E-state index contributed by atoms with van der Waals surface area (Å²) in [6.45, 7) is -0.0924. The first kappa shape index (κ1) is 13.9. The van der Waals surface area contributed by atoms with Gasteiger partial charge in [-0.1, -0.05) is 5.22 Å². The van der Waals surface area contributed by atoms with E-state index in [1.165, 1.54) is 0 Å². The van der Waals surface area contributed by atoms with Crippen molar-refractivity contribution in [2.24, 2.45) is 11.0 Å². The number of aromatic hydroxyl groups is 1. The number of alkyl halides is 3. The first-order valence-electron chi connectivity index (χ1n) is 4.66. The Morgan fingerprint density at radius 2 is 2.06 bits per heavy atom. The number of halogens is 3. The van der Waals surface area contributed by atoms with Crippen LogP contribution in [0.25, 0.3) is 0 Å². The van der Waals surface area contributed by atoms with Gasteiger partial charge in [-0.05, 0) is 18.2 Å². The topological polar surface area (TPSA) is 110 Å². The Labute approximate surface area is 99.8 Å². The molecule has 1 rings (SSSR count). The predicted octanol–water partition coefficient (Wildman–Crippen LogP) is 2.14. The summed E-state index contributed by atoms with van der Waals surface area (Å²) in [5.41, 5.74) is 12.0. The van der Waals surface area contributed by atoms with Crippen LogP contribution in [0.1, 0.15) is 5.56 Å². The normalized spacial score (nSPS) is 11.1. The molecule has 0 heterocycles. The highest BCUT2D eigenvalue weighted by Gasteiger charge is 2.39. The molecule has 9 heteroatoms. The molecule has 1 aromatic rings. The maximum Gasteiger partial charge on any atom is 0.451 e. The minimum Gasteiger partial charge on any atom is -0.508 e. The van der Waals surface area contributed by atoms with E-state index in [0.717, 1.165) is 18.2 Å². The van der Waals surface area contributed by atoms with Crippen molar-refractivity contribution in [3.05, 3.63) is 23.8 Å². The first-order chi connectivity index (χ1) is 8.31. The molecule has 18 heavy (non-hydrogen) atoms. The van der Waals surface area contributed by atoms with E-state index in [1.54, 1.807) is 0 Å². The Bertz CT molecular complexity index is 474. The lowest BCUT2D eigenvalue weighted by Crippen LogP contribution is -2.37. The summed E-state index contributed by atoms with van der Waals surface area (Å²) in [7, 11) is 0. The van der Waals surface area contributed by atoms with Crippen molar-refractivity contribution >= 4 is 11.5 Å². The molecule has 1 aromatic carbocycles. The van der Waals surface area contributed by atoms with E-state index in [9.17, 15) is 18.3 Å². The maximum absolute atomic E-state index is 12.3. The summed E-state index contributed by atoms with van der Waals surface area (Å²) in [5.74, 6) is -1.98. The van der Waals surface area contributed by atoms with Crippen molar-refractivity contribution in [3.8, 4) is 5.75 Å². The summed E-state index contributed by atoms with van der Waals surface area (Å²) < 4.78 is 37.0. The van der Waals surface area contributed by atoms with Crippen LogP contribution >= 0.6 is 0 Å². The number of nitrogens with two attached hydrogens (primary N) is 1. The van der Waals surface area contributed by atoms with Crippen LogP contribution in [0.5, 0.6) is 5.75 Å². The van der Waals surface area contributed by atoms with E-state index in [0.29, 0.717) is 0 Å². The van der Waals surface area contributed by atoms with Gasteiger partial charge in [0.05, 0.1) is 5.69 Å². The Hall–Kier alpha value is -2.16. The Morgan fingerprint density at radius 1 is 1.44 bits per heavy atom. The van der Waals surface area contributed by atoms with E-state index in [-0.39, 0.29) is 28.6 Å². The van der Waals surface area contributed by atoms with Gasteiger partial charge in [-0.3, -0.25) is 5.41 Å². The zero-order chi connectivity index (χ0) is 13.9. The number of benzene rings is 1. The average Bonchev–Trinajstić information content (AvgIpc) is 2.30. The van der Waals surface area contributed by atoms with Gasteiger partial charge in [-0.2, -0.15) is 23.7 Å². The van der Waals surface area contributed by atoms with Crippen molar-refractivity contribution < 1.29 is 18.3 Å². The van der Waals surface area contributed by atoms with Crippen molar-refractivity contribution in [2.45, 2.75) is 12.7 Å². The Morgan fingerprint density at radius 3 is 2.50 bits per heavy atom. The number of phenolic OH excluding ortho intramolecular Hbond substituents is 1. The lowest BCUT2D eigenvalue weighted by atomic mass is 10.1. The second-order valence-corrected chi connectivity index (χ2v) is 3.28. The van der Waals surface area contributed by atoms with Gasteiger partial charge in [0.25, 0.3) is 0 Å². The molecule has 0 fully saturated rings. The van der Waals surface area contributed by atoms with Gasteiger partial charge in [0.15, 0.2) is 0 Å². The fourth-order valence-corrected chi connectivity index (χ4v) is 1.22. The molecule has 0 aromatic heterocycles. The lowest BCUT2D eigenvalue weighted by molar-refractivity contribution is -0.0610. The zero-order valence-corrected chi connectivity index (χ0v) is 8.99. The summed E-state index contributed by atoms with van der Waals surface area (Å²) in [6.07, 6.45) is -4.93. The number of nitrogens with one attached hydrogen (secondary N) is 2. The molecule has 6 nitrogen and oxygen atoms in total. The van der Waals surface area contributed by atoms with Crippen LogP contribution in [0.15, 0.2) is 23.4 Å². The van der Waals surface area contributed by atoms with Crippen molar-refractivity contribution in [3.63, 3.8) is 0 Å². The highest BCUT2D eigenvalue weighted by Crippen LogP contribution is 2.28. The van der Waals surface area contributed by atoms with Gasteiger partial charge in [0.1, 0.15) is 5.75 Å². The van der Waals surface area contributed by atoms with Gasteiger partial charge in [-0.15, -0.1) is 0 Å². The molecule has 0 radical (unpaired) electrons. The average molecular weight is 261 g/mol. The maximum atomic E-state index is 12.3. The van der Waals surface area contributed by atoms with E-state index >= 15 is 0 Å². The van der Waals surface area contributed by atoms with Crippen LogP contribution in [0.2, 0.25) is 0 Å². The minimum absolute atomic E-state index is 0.0924. The molecule has 0 atom stereocenters. The molecule has 5 N–H and O–H groups in total. The lowest BCUT2D eigenvalue weighted by Gasteiger charge is -2.20. The fourth-order valence-electron chi connectivity index (χ4n) is 1.22. The van der Waals surface area contributed by atoms with Gasteiger partial charge >= 0.3 is 6.18 Å². The van der Waals surface area contributed by atoms with Gasteiger partial charge in [0.2, 0.25) is 5.84 Å². The molecule has 0 aliphatic rings. The molecule has 0 spiro atoms. The van der Waals surface area contributed by atoms with Gasteiger partial charge < -0.3 is 10.8 Å². The number of hydrogen-bond acceptors (Lipinski definition) is 5. The molecule has 0 aliphatic carbocycles. The largest absolute Gasteiger partial charge is 0.508 e. The molecule has 0 bridgehead atoms. The minimum atomic E-state index is -4.93. The van der Waals surface area contributed by atoms with Crippen LogP contribution in [-0.2, 0) is 6.54 Å².